The lowest BCUT2D eigenvalue weighted by molar-refractivity contribution is -0.235. The van der Waals surface area contributed by atoms with Gasteiger partial charge in [0.15, 0.2) is 0 Å². The van der Waals surface area contributed by atoms with E-state index in [2.05, 4.69) is 0 Å². The largest absolute Gasteiger partial charge is 0.477 e. The highest BCUT2D eigenvalue weighted by atomic mass is 16.7. The summed E-state index contributed by atoms with van der Waals surface area (Å²) in [5.41, 5.74) is 0. The van der Waals surface area contributed by atoms with Crippen LogP contribution in [0.5, 0.6) is 0 Å². The summed E-state index contributed by atoms with van der Waals surface area (Å²) >= 11 is 0. The van der Waals surface area contributed by atoms with Crippen molar-refractivity contribution in [1.29, 1.82) is 0 Å². The number of carboxylic acid groups (broad SMARTS) is 1. The third-order valence-corrected chi connectivity index (χ3v) is 1.68. The van der Waals surface area contributed by atoms with Crippen LogP contribution in [0.4, 0.5) is 0 Å². The summed E-state index contributed by atoms with van der Waals surface area (Å²) < 4.78 is 10.2. The minimum atomic E-state index is -1.48. The second-order valence-electron chi connectivity index (χ2n) is 2.89. The SMILES string of the molecule is CCCCOC(C)(OCC)C(=O)O. The summed E-state index contributed by atoms with van der Waals surface area (Å²) in [6, 6.07) is 0. The number of hydrogen-bond acceptors (Lipinski definition) is 3. The molecule has 0 saturated carbocycles. The molecule has 0 amide bonds. The highest BCUT2D eigenvalue weighted by Crippen LogP contribution is 2.13. The maximum Gasteiger partial charge on any atom is 0.364 e. The first kappa shape index (κ1) is 12.4. The zero-order valence-corrected chi connectivity index (χ0v) is 8.50. The zero-order chi connectivity index (χ0) is 10.3. The fraction of sp³-hybridized carbons (Fsp3) is 0.889. The number of rotatable bonds is 7. The van der Waals surface area contributed by atoms with Gasteiger partial charge in [-0.3, -0.25) is 0 Å². The summed E-state index contributed by atoms with van der Waals surface area (Å²) in [6.07, 6.45) is 1.82. The smallest absolute Gasteiger partial charge is 0.364 e. The standard InChI is InChI=1S/C9H18O4/c1-4-6-7-13-9(3,8(10)11)12-5-2/h4-7H2,1-3H3,(H,10,11). The van der Waals surface area contributed by atoms with E-state index >= 15 is 0 Å². The van der Waals surface area contributed by atoms with Gasteiger partial charge in [0, 0.05) is 13.5 Å². The van der Waals surface area contributed by atoms with Crippen LogP contribution in [0, 0.1) is 0 Å². The van der Waals surface area contributed by atoms with E-state index in [1.807, 2.05) is 6.92 Å². The van der Waals surface area contributed by atoms with Crippen LogP contribution >= 0.6 is 0 Å². The van der Waals surface area contributed by atoms with Crippen molar-refractivity contribution < 1.29 is 19.4 Å². The molecule has 0 aromatic rings. The molecule has 1 unspecified atom stereocenters. The van der Waals surface area contributed by atoms with Gasteiger partial charge in [-0.2, -0.15) is 0 Å². The topological polar surface area (TPSA) is 55.8 Å². The first-order valence-corrected chi connectivity index (χ1v) is 4.58. The molecule has 78 valence electrons. The van der Waals surface area contributed by atoms with Crippen molar-refractivity contribution in [3.05, 3.63) is 0 Å². The first-order valence-electron chi connectivity index (χ1n) is 4.58. The van der Waals surface area contributed by atoms with E-state index in [1.54, 1.807) is 6.92 Å². The fourth-order valence-electron chi connectivity index (χ4n) is 0.852. The van der Waals surface area contributed by atoms with E-state index in [9.17, 15) is 4.79 Å². The first-order chi connectivity index (χ1) is 6.06. The molecule has 0 aliphatic carbocycles. The number of hydrogen-bond donors (Lipinski definition) is 1. The second-order valence-corrected chi connectivity index (χ2v) is 2.89. The molecule has 0 saturated heterocycles. The number of aliphatic carboxylic acids is 1. The Labute approximate surface area is 78.8 Å². The molecular formula is C9H18O4. The molecule has 4 nitrogen and oxygen atoms in total. The maximum absolute atomic E-state index is 10.8. The van der Waals surface area contributed by atoms with Crippen LogP contribution in [-0.2, 0) is 14.3 Å². The van der Waals surface area contributed by atoms with Gasteiger partial charge in [-0.25, -0.2) is 4.79 Å². The molecule has 0 bridgehead atoms. The van der Waals surface area contributed by atoms with Gasteiger partial charge >= 0.3 is 5.97 Å². The van der Waals surface area contributed by atoms with Gasteiger partial charge in [-0.1, -0.05) is 13.3 Å². The van der Waals surface area contributed by atoms with Crippen molar-refractivity contribution in [2.75, 3.05) is 13.2 Å². The Kier molecular flexibility index (Phi) is 5.66. The third kappa shape index (κ3) is 4.24. The normalized spacial score (nSPS) is 15.3. The van der Waals surface area contributed by atoms with Crippen molar-refractivity contribution in [3.63, 3.8) is 0 Å². The van der Waals surface area contributed by atoms with Crippen LogP contribution in [0.25, 0.3) is 0 Å². The lowest BCUT2D eigenvalue weighted by atomic mass is 10.3. The molecule has 0 radical (unpaired) electrons. The van der Waals surface area contributed by atoms with Crippen molar-refractivity contribution >= 4 is 5.97 Å². The predicted octanol–water partition coefficient (Wildman–Crippen LogP) is 1.64. The van der Waals surface area contributed by atoms with Crippen molar-refractivity contribution in [3.8, 4) is 0 Å². The van der Waals surface area contributed by atoms with E-state index in [0.29, 0.717) is 13.2 Å². The van der Waals surface area contributed by atoms with Gasteiger partial charge in [0.25, 0.3) is 5.79 Å². The van der Waals surface area contributed by atoms with Gasteiger partial charge in [0.05, 0.1) is 6.61 Å². The molecule has 13 heavy (non-hydrogen) atoms. The summed E-state index contributed by atoms with van der Waals surface area (Å²) in [7, 11) is 0. The van der Waals surface area contributed by atoms with Crippen LogP contribution in [-0.4, -0.2) is 30.1 Å². The van der Waals surface area contributed by atoms with Gasteiger partial charge in [-0.05, 0) is 13.3 Å². The molecule has 0 aliphatic heterocycles. The van der Waals surface area contributed by atoms with E-state index in [0.717, 1.165) is 12.8 Å². The van der Waals surface area contributed by atoms with Crippen LogP contribution in [0.2, 0.25) is 0 Å². The maximum atomic E-state index is 10.8. The molecule has 0 aromatic heterocycles. The molecule has 0 aromatic carbocycles. The second kappa shape index (κ2) is 5.94. The van der Waals surface area contributed by atoms with Crippen molar-refractivity contribution in [2.45, 2.75) is 39.4 Å². The van der Waals surface area contributed by atoms with E-state index in [4.69, 9.17) is 14.6 Å². The van der Waals surface area contributed by atoms with Crippen LogP contribution in [0.3, 0.4) is 0 Å². The number of unbranched alkanes of at least 4 members (excludes halogenated alkanes) is 1. The Morgan fingerprint density at radius 1 is 1.38 bits per heavy atom. The van der Waals surface area contributed by atoms with Crippen molar-refractivity contribution in [1.82, 2.24) is 0 Å². The average molecular weight is 190 g/mol. The van der Waals surface area contributed by atoms with E-state index in [1.165, 1.54) is 6.92 Å². The zero-order valence-electron chi connectivity index (χ0n) is 8.50. The van der Waals surface area contributed by atoms with Crippen LogP contribution in [0.1, 0.15) is 33.6 Å². The molecule has 0 rings (SSSR count). The molecule has 0 heterocycles. The van der Waals surface area contributed by atoms with Gasteiger partial charge in [0.1, 0.15) is 0 Å². The highest BCUT2D eigenvalue weighted by molar-refractivity contribution is 5.75. The Bertz CT molecular complexity index is 158. The molecule has 0 fully saturated rings. The molecule has 1 N–H and O–H groups in total. The van der Waals surface area contributed by atoms with Crippen LogP contribution < -0.4 is 0 Å². The molecular weight excluding hydrogens is 172 g/mol. The summed E-state index contributed by atoms with van der Waals surface area (Å²) in [5.74, 6) is -2.56. The monoisotopic (exact) mass is 190 g/mol. The average Bonchev–Trinajstić information content (AvgIpc) is 2.05. The molecule has 1 atom stereocenters. The Balaban J connectivity index is 4.00. The lowest BCUT2D eigenvalue weighted by Gasteiger charge is -2.24. The lowest BCUT2D eigenvalue weighted by Crippen LogP contribution is -2.41. The molecule has 4 heteroatoms. The summed E-state index contributed by atoms with van der Waals surface area (Å²) in [5, 5.41) is 8.81. The van der Waals surface area contributed by atoms with Gasteiger partial charge < -0.3 is 14.6 Å². The summed E-state index contributed by atoms with van der Waals surface area (Å²) in [6.45, 7) is 5.93. The minimum Gasteiger partial charge on any atom is -0.477 e. The van der Waals surface area contributed by atoms with E-state index in [-0.39, 0.29) is 0 Å². The number of carbonyl (C=O) groups is 1. The Hall–Kier alpha value is -0.610. The fourth-order valence-corrected chi connectivity index (χ4v) is 0.852. The molecule has 0 aliphatic rings. The Morgan fingerprint density at radius 2 is 2.00 bits per heavy atom. The van der Waals surface area contributed by atoms with Crippen LogP contribution in [0.15, 0.2) is 0 Å². The van der Waals surface area contributed by atoms with E-state index < -0.39 is 11.8 Å². The van der Waals surface area contributed by atoms with Gasteiger partial charge in [-0.15, -0.1) is 0 Å². The Morgan fingerprint density at radius 3 is 2.38 bits per heavy atom. The number of carboxylic acids is 1. The van der Waals surface area contributed by atoms with Crippen molar-refractivity contribution in [2.24, 2.45) is 0 Å². The summed E-state index contributed by atoms with van der Waals surface area (Å²) in [4.78, 5) is 10.8. The number of ether oxygens (including phenoxy) is 2. The quantitative estimate of drug-likeness (QED) is 0.489. The minimum absolute atomic E-state index is 0.328. The molecule has 0 spiro atoms. The predicted molar refractivity (Wildman–Crippen MR) is 48.5 cm³/mol. The highest BCUT2D eigenvalue weighted by Gasteiger charge is 2.34. The third-order valence-electron chi connectivity index (χ3n) is 1.68. The van der Waals surface area contributed by atoms with Gasteiger partial charge in [0.2, 0.25) is 0 Å².